The predicted molar refractivity (Wildman–Crippen MR) is 113 cm³/mol. The van der Waals surface area contributed by atoms with Crippen molar-refractivity contribution in [1.82, 2.24) is 20.4 Å². The summed E-state index contributed by atoms with van der Waals surface area (Å²) in [6.45, 7) is 10.8. The van der Waals surface area contributed by atoms with Crippen LogP contribution in [-0.2, 0) is 6.54 Å². The lowest BCUT2D eigenvalue weighted by atomic mass is 10.1. The van der Waals surface area contributed by atoms with E-state index in [0.29, 0.717) is 6.04 Å². The molecule has 0 bridgehead atoms. The number of piperazine rings is 1. The van der Waals surface area contributed by atoms with Gasteiger partial charge in [0.15, 0.2) is 5.96 Å². The standard InChI is InChI=1S/C18H31N5.HI/c1-15-7-5-6-8-17(15)14-21-18(19-3)20-13-16(2)23-11-9-22(4)10-12-23;/h5-8,16H,9-14H2,1-4H3,(H2,19,20,21);1H. The van der Waals surface area contributed by atoms with Crippen molar-refractivity contribution in [2.45, 2.75) is 26.4 Å². The predicted octanol–water partition coefficient (Wildman–Crippen LogP) is 1.91. The summed E-state index contributed by atoms with van der Waals surface area (Å²) in [7, 11) is 4.02. The van der Waals surface area contributed by atoms with Gasteiger partial charge >= 0.3 is 0 Å². The average molecular weight is 445 g/mol. The number of nitrogens with one attached hydrogen (secondary N) is 2. The fourth-order valence-electron chi connectivity index (χ4n) is 2.84. The molecular weight excluding hydrogens is 413 g/mol. The van der Waals surface area contributed by atoms with Crippen molar-refractivity contribution in [3.05, 3.63) is 35.4 Å². The van der Waals surface area contributed by atoms with Crippen LogP contribution in [0.1, 0.15) is 18.1 Å². The summed E-state index contributed by atoms with van der Waals surface area (Å²) in [6.07, 6.45) is 0. The van der Waals surface area contributed by atoms with Gasteiger partial charge in [-0.15, -0.1) is 24.0 Å². The van der Waals surface area contributed by atoms with Crippen molar-refractivity contribution in [1.29, 1.82) is 0 Å². The molecule has 1 aromatic rings. The maximum Gasteiger partial charge on any atom is 0.191 e. The lowest BCUT2D eigenvalue weighted by molar-refractivity contribution is 0.120. The third-order valence-corrected chi connectivity index (χ3v) is 4.66. The lowest BCUT2D eigenvalue weighted by Crippen LogP contribution is -2.52. The Hall–Kier alpha value is -0.860. The Labute approximate surface area is 163 Å². The number of likely N-dealkylation sites (N-methyl/N-ethyl adjacent to an activating group) is 1. The molecule has 0 saturated carbocycles. The van der Waals surface area contributed by atoms with Gasteiger partial charge < -0.3 is 15.5 Å². The van der Waals surface area contributed by atoms with Crippen molar-refractivity contribution in [3.8, 4) is 0 Å². The number of aryl methyl sites for hydroxylation is 1. The fourth-order valence-corrected chi connectivity index (χ4v) is 2.84. The molecule has 1 heterocycles. The number of hydrogen-bond acceptors (Lipinski definition) is 3. The topological polar surface area (TPSA) is 42.9 Å². The molecule has 1 saturated heterocycles. The average Bonchev–Trinajstić information content (AvgIpc) is 2.57. The first-order valence-electron chi connectivity index (χ1n) is 8.51. The number of aliphatic imine (C=N–C) groups is 1. The third-order valence-electron chi connectivity index (χ3n) is 4.66. The molecule has 1 unspecified atom stereocenters. The van der Waals surface area contributed by atoms with Gasteiger partial charge in [-0.2, -0.15) is 0 Å². The van der Waals surface area contributed by atoms with Gasteiger partial charge in [0.2, 0.25) is 0 Å². The Balaban J connectivity index is 0.00000288. The minimum absolute atomic E-state index is 0. The molecular formula is C18H32IN5. The number of rotatable bonds is 5. The molecule has 0 radical (unpaired) electrons. The first kappa shape index (κ1) is 21.2. The molecule has 1 aromatic carbocycles. The largest absolute Gasteiger partial charge is 0.355 e. The molecule has 0 aromatic heterocycles. The molecule has 0 aliphatic carbocycles. The van der Waals surface area contributed by atoms with Crippen LogP contribution in [-0.4, -0.2) is 68.6 Å². The highest BCUT2D eigenvalue weighted by Gasteiger charge is 2.18. The molecule has 1 fully saturated rings. The van der Waals surface area contributed by atoms with E-state index in [4.69, 9.17) is 0 Å². The van der Waals surface area contributed by atoms with Crippen LogP contribution in [0, 0.1) is 6.92 Å². The van der Waals surface area contributed by atoms with E-state index < -0.39 is 0 Å². The van der Waals surface area contributed by atoms with E-state index in [1.165, 1.54) is 11.1 Å². The van der Waals surface area contributed by atoms with E-state index in [-0.39, 0.29) is 24.0 Å². The van der Waals surface area contributed by atoms with Crippen LogP contribution in [0.25, 0.3) is 0 Å². The highest BCUT2D eigenvalue weighted by Crippen LogP contribution is 2.06. The van der Waals surface area contributed by atoms with Gasteiger partial charge in [-0.3, -0.25) is 9.89 Å². The number of nitrogens with zero attached hydrogens (tertiary/aromatic N) is 3. The highest BCUT2D eigenvalue weighted by atomic mass is 127. The van der Waals surface area contributed by atoms with Crippen LogP contribution in [0.2, 0.25) is 0 Å². The van der Waals surface area contributed by atoms with Crippen LogP contribution in [0.5, 0.6) is 0 Å². The van der Waals surface area contributed by atoms with E-state index in [2.05, 4.69) is 70.6 Å². The number of benzene rings is 1. The molecule has 1 atom stereocenters. The zero-order valence-electron chi connectivity index (χ0n) is 15.4. The third kappa shape index (κ3) is 6.57. The summed E-state index contributed by atoms with van der Waals surface area (Å²) < 4.78 is 0. The molecule has 2 N–H and O–H groups in total. The fraction of sp³-hybridized carbons (Fsp3) is 0.611. The Bertz CT molecular complexity index is 512. The zero-order valence-corrected chi connectivity index (χ0v) is 17.7. The molecule has 2 rings (SSSR count). The molecule has 1 aliphatic heterocycles. The molecule has 5 nitrogen and oxygen atoms in total. The molecule has 1 aliphatic rings. The molecule has 6 heteroatoms. The van der Waals surface area contributed by atoms with E-state index >= 15 is 0 Å². The quantitative estimate of drug-likeness (QED) is 0.413. The number of halogens is 1. The van der Waals surface area contributed by atoms with Gasteiger partial charge in [0, 0.05) is 52.4 Å². The van der Waals surface area contributed by atoms with Crippen LogP contribution in [0.4, 0.5) is 0 Å². The summed E-state index contributed by atoms with van der Waals surface area (Å²) >= 11 is 0. The first-order chi connectivity index (χ1) is 11.1. The van der Waals surface area contributed by atoms with Gasteiger partial charge in [0.1, 0.15) is 0 Å². The van der Waals surface area contributed by atoms with Crippen molar-refractivity contribution in [2.75, 3.05) is 46.8 Å². The first-order valence-corrected chi connectivity index (χ1v) is 8.51. The van der Waals surface area contributed by atoms with Crippen LogP contribution >= 0.6 is 24.0 Å². The Morgan fingerprint density at radius 2 is 1.83 bits per heavy atom. The SMILES string of the molecule is CN=C(NCc1ccccc1C)NCC(C)N1CCN(C)CC1.I. The molecule has 0 amide bonds. The summed E-state index contributed by atoms with van der Waals surface area (Å²) in [5, 5.41) is 6.86. The van der Waals surface area contributed by atoms with Gasteiger partial charge in [-0.05, 0) is 32.0 Å². The Morgan fingerprint density at radius 3 is 2.46 bits per heavy atom. The lowest BCUT2D eigenvalue weighted by Gasteiger charge is -2.36. The minimum atomic E-state index is 0. The molecule has 0 spiro atoms. The van der Waals surface area contributed by atoms with E-state index in [0.717, 1.165) is 45.2 Å². The molecule has 24 heavy (non-hydrogen) atoms. The maximum absolute atomic E-state index is 4.33. The Kier molecular flexibility index (Phi) is 9.61. The summed E-state index contributed by atoms with van der Waals surface area (Å²) in [5.74, 6) is 0.870. The summed E-state index contributed by atoms with van der Waals surface area (Å²) in [5.41, 5.74) is 2.61. The van der Waals surface area contributed by atoms with Crippen molar-refractivity contribution >= 4 is 29.9 Å². The minimum Gasteiger partial charge on any atom is -0.355 e. The van der Waals surface area contributed by atoms with Crippen molar-refractivity contribution in [3.63, 3.8) is 0 Å². The number of guanidine groups is 1. The highest BCUT2D eigenvalue weighted by molar-refractivity contribution is 14.0. The maximum atomic E-state index is 4.33. The smallest absolute Gasteiger partial charge is 0.191 e. The summed E-state index contributed by atoms with van der Waals surface area (Å²) in [6, 6.07) is 8.96. The van der Waals surface area contributed by atoms with Crippen molar-refractivity contribution in [2.24, 2.45) is 4.99 Å². The van der Waals surface area contributed by atoms with Gasteiger partial charge in [0.25, 0.3) is 0 Å². The zero-order chi connectivity index (χ0) is 16.7. The van der Waals surface area contributed by atoms with Crippen molar-refractivity contribution < 1.29 is 0 Å². The van der Waals surface area contributed by atoms with Gasteiger partial charge in [-0.25, -0.2) is 0 Å². The van der Waals surface area contributed by atoms with E-state index in [1.54, 1.807) is 0 Å². The second kappa shape index (κ2) is 10.9. The summed E-state index contributed by atoms with van der Waals surface area (Å²) in [4.78, 5) is 9.26. The number of hydrogen-bond donors (Lipinski definition) is 2. The van der Waals surface area contributed by atoms with Gasteiger partial charge in [0.05, 0.1) is 0 Å². The van der Waals surface area contributed by atoms with E-state index in [1.807, 2.05) is 7.05 Å². The molecule has 136 valence electrons. The monoisotopic (exact) mass is 445 g/mol. The van der Waals surface area contributed by atoms with Crippen LogP contribution < -0.4 is 10.6 Å². The van der Waals surface area contributed by atoms with Crippen LogP contribution in [0.3, 0.4) is 0 Å². The van der Waals surface area contributed by atoms with E-state index in [9.17, 15) is 0 Å². The second-order valence-electron chi connectivity index (χ2n) is 6.42. The van der Waals surface area contributed by atoms with Gasteiger partial charge in [-0.1, -0.05) is 24.3 Å². The normalized spacial score (nSPS) is 17.9. The second-order valence-corrected chi connectivity index (χ2v) is 6.42. The van der Waals surface area contributed by atoms with Crippen LogP contribution in [0.15, 0.2) is 29.3 Å². The Morgan fingerprint density at radius 1 is 1.17 bits per heavy atom.